The number of para-hydroxylation sites is 1. The first-order valence-corrected chi connectivity index (χ1v) is 8.98. The zero-order valence-electron chi connectivity index (χ0n) is 13.5. The van der Waals surface area contributed by atoms with E-state index in [1.807, 2.05) is 37.3 Å². The van der Waals surface area contributed by atoms with E-state index in [9.17, 15) is 9.59 Å². The van der Waals surface area contributed by atoms with Crippen molar-refractivity contribution in [3.8, 4) is 0 Å². The SMILES string of the molecule is Cc1cc(SCC(=O)NC(=O)c2ccc(Cl)cc2)nc2ccccc12. The lowest BCUT2D eigenvalue weighted by Gasteiger charge is -2.07. The van der Waals surface area contributed by atoms with E-state index in [0.717, 1.165) is 21.5 Å². The molecule has 1 heterocycles. The van der Waals surface area contributed by atoms with Crippen LogP contribution < -0.4 is 5.32 Å². The number of halogens is 1. The van der Waals surface area contributed by atoms with Gasteiger partial charge in [-0.2, -0.15) is 0 Å². The first-order valence-electron chi connectivity index (χ1n) is 7.62. The predicted octanol–water partition coefficient (Wildman–Crippen LogP) is 4.25. The molecule has 126 valence electrons. The molecule has 0 aliphatic carbocycles. The molecule has 0 spiro atoms. The number of thioether (sulfide) groups is 1. The number of carbonyl (C=O) groups is 2. The van der Waals surface area contributed by atoms with Gasteiger partial charge in [-0.25, -0.2) is 4.98 Å². The fourth-order valence-corrected chi connectivity index (χ4v) is 3.27. The molecule has 0 unspecified atom stereocenters. The zero-order chi connectivity index (χ0) is 17.8. The number of hydrogen-bond acceptors (Lipinski definition) is 4. The third-order valence-corrected chi connectivity index (χ3v) is 4.77. The standard InChI is InChI=1S/C19H15ClN2O2S/c1-12-10-18(21-16-5-3-2-4-15(12)16)25-11-17(23)22-19(24)13-6-8-14(20)9-7-13/h2-10H,11H2,1H3,(H,22,23,24). The lowest BCUT2D eigenvalue weighted by Crippen LogP contribution is -2.31. The minimum atomic E-state index is -0.440. The number of hydrogen-bond donors (Lipinski definition) is 1. The number of aromatic nitrogens is 1. The number of amides is 2. The molecule has 2 amide bonds. The van der Waals surface area contributed by atoms with Crippen molar-refractivity contribution in [3.05, 3.63) is 70.7 Å². The summed E-state index contributed by atoms with van der Waals surface area (Å²) in [6, 6.07) is 16.2. The van der Waals surface area contributed by atoms with Gasteiger partial charge in [0.15, 0.2) is 0 Å². The molecule has 1 aromatic heterocycles. The highest BCUT2D eigenvalue weighted by Gasteiger charge is 2.11. The second-order valence-corrected chi connectivity index (χ2v) is 6.90. The highest BCUT2D eigenvalue weighted by atomic mass is 35.5. The first kappa shape index (κ1) is 17.5. The van der Waals surface area contributed by atoms with Gasteiger partial charge in [-0.1, -0.05) is 41.6 Å². The van der Waals surface area contributed by atoms with E-state index >= 15 is 0 Å². The van der Waals surface area contributed by atoms with Gasteiger partial charge in [0, 0.05) is 16.0 Å². The van der Waals surface area contributed by atoms with Crippen LogP contribution >= 0.6 is 23.4 Å². The van der Waals surface area contributed by atoms with Gasteiger partial charge in [-0.15, -0.1) is 0 Å². The average molecular weight is 371 g/mol. The summed E-state index contributed by atoms with van der Waals surface area (Å²) in [7, 11) is 0. The van der Waals surface area contributed by atoms with Crippen LogP contribution in [-0.2, 0) is 4.79 Å². The van der Waals surface area contributed by atoms with Gasteiger partial charge < -0.3 is 0 Å². The van der Waals surface area contributed by atoms with E-state index in [-0.39, 0.29) is 11.7 Å². The number of rotatable bonds is 4. The largest absolute Gasteiger partial charge is 0.292 e. The molecule has 2 aromatic carbocycles. The van der Waals surface area contributed by atoms with Crippen LogP contribution in [0, 0.1) is 6.92 Å². The molecule has 25 heavy (non-hydrogen) atoms. The Labute approximate surface area is 154 Å². The normalized spacial score (nSPS) is 10.6. The van der Waals surface area contributed by atoms with Crippen LogP contribution in [0.5, 0.6) is 0 Å². The fourth-order valence-electron chi connectivity index (χ4n) is 2.37. The van der Waals surface area contributed by atoms with E-state index < -0.39 is 5.91 Å². The van der Waals surface area contributed by atoms with Crippen molar-refractivity contribution in [1.29, 1.82) is 0 Å². The van der Waals surface area contributed by atoms with Crippen molar-refractivity contribution in [2.45, 2.75) is 11.9 Å². The lowest BCUT2D eigenvalue weighted by atomic mass is 10.1. The summed E-state index contributed by atoms with van der Waals surface area (Å²) in [5.74, 6) is -0.688. The molecule has 4 nitrogen and oxygen atoms in total. The van der Waals surface area contributed by atoms with Crippen LogP contribution in [0.3, 0.4) is 0 Å². The van der Waals surface area contributed by atoms with Gasteiger partial charge >= 0.3 is 0 Å². The summed E-state index contributed by atoms with van der Waals surface area (Å²) in [4.78, 5) is 28.6. The minimum Gasteiger partial charge on any atom is -0.292 e. The number of nitrogens with zero attached hydrogens (tertiary/aromatic N) is 1. The van der Waals surface area contributed by atoms with Gasteiger partial charge in [-0.05, 0) is 48.9 Å². The lowest BCUT2D eigenvalue weighted by molar-refractivity contribution is -0.117. The Kier molecular flexibility index (Phi) is 5.36. The van der Waals surface area contributed by atoms with Crippen molar-refractivity contribution in [3.63, 3.8) is 0 Å². The fraction of sp³-hybridized carbons (Fsp3) is 0.105. The van der Waals surface area contributed by atoms with Crippen molar-refractivity contribution in [2.75, 3.05) is 5.75 Å². The number of nitrogens with one attached hydrogen (secondary N) is 1. The third kappa shape index (κ3) is 4.38. The van der Waals surface area contributed by atoms with E-state index in [1.165, 1.54) is 11.8 Å². The monoisotopic (exact) mass is 370 g/mol. The molecular formula is C19H15ClN2O2S. The number of aryl methyl sites for hydroxylation is 1. The number of carbonyl (C=O) groups excluding carboxylic acids is 2. The number of benzene rings is 2. The molecule has 0 radical (unpaired) electrons. The molecule has 0 saturated carbocycles. The maximum absolute atomic E-state index is 12.0. The van der Waals surface area contributed by atoms with Crippen LogP contribution in [0.1, 0.15) is 15.9 Å². The van der Waals surface area contributed by atoms with E-state index in [4.69, 9.17) is 11.6 Å². The van der Waals surface area contributed by atoms with Crippen molar-refractivity contribution in [1.82, 2.24) is 10.3 Å². The molecule has 0 saturated heterocycles. The van der Waals surface area contributed by atoms with E-state index in [0.29, 0.717) is 10.6 Å². The Morgan fingerprint density at radius 3 is 2.60 bits per heavy atom. The molecule has 0 aliphatic rings. The molecular weight excluding hydrogens is 356 g/mol. The summed E-state index contributed by atoms with van der Waals surface area (Å²) < 4.78 is 0. The molecule has 6 heteroatoms. The maximum Gasteiger partial charge on any atom is 0.257 e. The predicted molar refractivity (Wildman–Crippen MR) is 101 cm³/mol. The number of fused-ring (bicyclic) bond motifs is 1. The Hall–Kier alpha value is -2.37. The van der Waals surface area contributed by atoms with Crippen molar-refractivity contribution < 1.29 is 9.59 Å². The molecule has 0 bridgehead atoms. The topological polar surface area (TPSA) is 59.1 Å². The van der Waals surface area contributed by atoms with Crippen LogP contribution in [0.2, 0.25) is 5.02 Å². The van der Waals surface area contributed by atoms with E-state index in [1.54, 1.807) is 24.3 Å². The van der Waals surface area contributed by atoms with Crippen LogP contribution in [-0.4, -0.2) is 22.6 Å². The Morgan fingerprint density at radius 2 is 1.84 bits per heavy atom. The summed E-state index contributed by atoms with van der Waals surface area (Å²) in [5, 5.41) is 4.75. The smallest absolute Gasteiger partial charge is 0.257 e. The van der Waals surface area contributed by atoms with E-state index in [2.05, 4.69) is 10.3 Å². The number of imide groups is 1. The van der Waals surface area contributed by atoms with Crippen LogP contribution in [0.25, 0.3) is 10.9 Å². The van der Waals surface area contributed by atoms with Crippen molar-refractivity contribution >= 4 is 46.1 Å². The number of pyridine rings is 1. The summed E-state index contributed by atoms with van der Waals surface area (Å²) in [6.07, 6.45) is 0. The summed E-state index contributed by atoms with van der Waals surface area (Å²) in [5.41, 5.74) is 2.39. The molecule has 0 aliphatic heterocycles. The Bertz CT molecular complexity index is 942. The molecule has 0 fully saturated rings. The van der Waals surface area contributed by atoms with Gasteiger partial charge in [0.2, 0.25) is 5.91 Å². The molecule has 1 N–H and O–H groups in total. The zero-order valence-corrected chi connectivity index (χ0v) is 15.0. The summed E-state index contributed by atoms with van der Waals surface area (Å²) in [6.45, 7) is 2.01. The van der Waals surface area contributed by atoms with Crippen molar-refractivity contribution in [2.24, 2.45) is 0 Å². The second kappa shape index (κ2) is 7.68. The highest BCUT2D eigenvalue weighted by molar-refractivity contribution is 7.99. The summed E-state index contributed by atoms with van der Waals surface area (Å²) >= 11 is 7.09. The van der Waals surface area contributed by atoms with Crippen LogP contribution in [0.4, 0.5) is 0 Å². The Balaban J connectivity index is 1.62. The quantitative estimate of drug-likeness (QED) is 0.697. The third-order valence-electron chi connectivity index (χ3n) is 3.61. The Morgan fingerprint density at radius 1 is 1.12 bits per heavy atom. The maximum atomic E-state index is 12.0. The molecule has 3 rings (SSSR count). The second-order valence-electron chi connectivity index (χ2n) is 5.47. The van der Waals surface area contributed by atoms with Gasteiger partial charge in [-0.3, -0.25) is 14.9 Å². The van der Waals surface area contributed by atoms with Gasteiger partial charge in [0.05, 0.1) is 16.3 Å². The highest BCUT2D eigenvalue weighted by Crippen LogP contribution is 2.23. The molecule has 0 atom stereocenters. The minimum absolute atomic E-state index is 0.115. The van der Waals surface area contributed by atoms with Crippen LogP contribution in [0.15, 0.2) is 59.6 Å². The average Bonchev–Trinajstić information content (AvgIpc) is 2.60. The van der Waals surface area contributed by atoms with Gasteiger partial charge in [0.25, 0.3) is 5.91 Å². The molecule has 3 aromatic rings. The first-order chi connectivity index (χ1) is 12.0. The van der Waals surface area contributed by atoms with Gasteiger partial charge in [0.1, 0.15) is 0 Å².